The zero-order chi connectivity index (χ0) is 20.4. The minimum absolute atomic E-state index is 0.267. The highest BCUT2D eigenvalue weighted by molar-refractivity contribution is 5.64. The molecule has 3 fully saturated rings. The minimum Gasteiger partial charge on any atom is -0.376 e. The van der Waals surface area contributed by atoms with Crippen LogP contribution in [0.5, 0.6) is 0 Å². The number of hydrogen-bond acceptors (Lipinski definition) is 4. The molecule has 4 heteroatoms. The summed E-state index contributed by atoms with van der Waals surface area (Å²) >= 11 is 0. The topological polar surface area (TPSA) is 49.3 Å². The Morgan fingerprint density at radius 3 is 2.50 bits per heavy atom. The van der Waals surface area contributed by atoms with Gasteiger partial charge in [0.05, 0.1) is 0 Å². The summed E-state index contributed by atoms with van der Waals surface area (Å²) in [5.74, 6) is 6.75. The lowest BCUT2D eigenvalue weighted by molar-refractivity contribution is -0.0713. The lowest BCUT2D eigenvalue weighted by atomic mass is 9.76. The molecule has 1 unspecified atom stereocenters. The predicted molar refractivity (Wildman–Crippen MR) is 118 cm³/mol. The average Bonchev–Trinajstić information content (AvgIpc) is 2.80. The van der Waals surface area contributed by atoms with E-state index in [4.69, 9.17) is 4.98 Å². The van der Waals surface area contributed by atoms with Gasteiger partial charge in [-0.3, -0.25) is 9.88 Å². The van der Waals surface area contributed by atoms with Crippen LogP contribution in [0.2, 0.25) is 0 Å². The molecule has 1 atom stereocenters. The van der Waals surface area contributed by atoms with E-state index in [1.54, 1.807) is 12.4 Å². The first-order valence-corrected chi connectivity index (χ1v) is 10.6. The summed E-state index contributed by atoms with van der Waals surface area (Å²) in [7, 11) is 0. The van der Waals surface area contributed by atoms with Crippen LogP contribution in [0.25, 0.3) is 11.1 Å². The summed E-state index contributed by atoms with van der Waals surface area (Å²) in [5, 5.41) is 11.2. The zero-order valence-electron chi connectivity index (χ0n) is 17.0. The Balaban J connectivity index is 1.51. The molecule has 1 N–H and O–H groups in total. The Bertz CT molecular complexity index is 1080. The standard InChI is InChI=1S/C26H25N3O/c30-26(19-29-14-9-24(26)10-15-29)11-6-25-22(16-20-4-2-1-3-5-20)17-23(18-28-25)21-7-12-27-13-8-21/h1-5,7-8,12-13,17-18,24,30H,9-10,14-16,19H2. The highest BCUT2D eigenvalue weighted by Gasteiger charge is 2.44. The number of benzene rings is 1. The number of nitrogens with zero attached hydrogens (tertiary/aromatic N) is 3. The van der Waals surface area contributed by atoms with Crippen LogP contribution in [0.1, 0.15) is 29.7 Å². The lowest BCUT2D eigenvalue weighted by Gasteiger charge is -2.47. The lowest BCUT2D eigenvalue weighted by Crippen LogP contribution is -2.58. The summed E-state index contributed by atoms with van der Waals surface area (Å²) in [6, 6.07) is 16.5. The summed E-state index contributed by atoms with van der Waals surface area (Å²) in [4.78, 5) is 11.1. The summed E-state index contributed by atoms with van der Waals surface area (Å²) in [6.45, 7) is 2.80. The summed E-state index contributed by atoms with van der Waals surface area (Å²) in [5.41, 5.74) is 4.26. The molecule has 0 aliphatic carbocycles. The number of rotatable bonds is 3. The second-order valence-electron chi connectivity index (χ2n) is 8.35. The average molecular weight is 396 g/mol. The Hall–Kier alpha value is -3.00. The van der Waals surface area contributed by atoms with Crippen LogP contribution in [0.15, 0.2) is 67.1 Å². The highest BCUT2D eigenvalue weighted by Crippen LogP contribution is 2.35. The predicted octanol–water partition coefficient (Wildman–Crippen LogP) is 3.54. The van der Waals surface area contributed by atoms with E-state index < -0.39 is 5.60 Å². The summed E-state index contributed by atoms with van der Waals surface area (Å²) in [6.07, 6.45) is 8.26. The van der Waals surface area contributed by atoms with E-state index in [1.165, 1.54) is 5.56 Å². The molecule has 2 bridgehead atoms. The molecule has 3 aliphatic rings. The van der Waals surface area contributed by atoms with Crippen molar-refractivity contribution in [2.45, 2.75) is 24.9 Å². The Kier molecular flexibility index (Phi) is 5.08. The van der Waals surface area contributed by atoms with Crippen molar-refractivity contribution in [1.82, 2.24) is 14.9 Å². The van der Waals surface area contributed by atoms with E-state index in [1.807, 2.05) is 24.4 Å². The van der Waals surface area contributed by atoms with E-state index in [2.05, 4.69) is 52.1 Å². The molecule has 0 radical (unpaired) electrons. The second-order valence-corrected chi connectivity index (χ2v) is 8.35. The normalized spacial score (nSPS) is 24.8. The van der Waals surface area contributed by atoms with Gasteiger partial charge in [-0.05, 0) is 66.7 Å². The van der Waals surface area contributed by atoms with Crippen molar-refractivity contribution >= 4 is 0 Å². The first kappa shape index (κ1) is 19.0. The smallest absolute Gasteiger partial charge is 0.141 e. The van der Waals surface area contributed by atoms with Crippen LogP contribution in [0.4, 0.5) is 0 Å². The SMILES string of the molecule is OC1(C#Cc2ncc(-c3ccncc3)cc2Cc2ccccc2)CN2CCC1CC2. The first-order valence-electron chi connectivity index (χ1n) is 10.6. The molecule has 1 aromatic carbocycles. The molecule has 3 aromatic rings. The van der Waals surface area contributed by atoms with Gasteiger partial charge in [-0.2, -0.15) is 0 Å². The molecule has 0 saturated carbocycles. The van der Waals surface area contributed by atoms with Gasteiger partial charge in [0.2, 0.25) is 0 Å². The van der Waals surface area contributed by atoms with Gasteiger partial charge in [-0.1, -0.05) is 36.3 Å². The van der Waals surface area contributed by atoms with Gasteiger partial charge in [-0.25, -0.2) is 4.98 Å². The molecule has 3 saturated heterocycles. The fourth-order valence-electron chi connectivity index (χ4n) is 4.62. The van der Waals surface area contributed by atoms with Gasteiger partial charge in [-0.15, -0.1) is 0 Å². The Morgan fingerprint density at radius 1 is 1.03 bits per heavy atom. The molecule has 6 rings (SSSR count). The number of fused-ring (bicyclic) bond motifs is 3. The molecule has 0 spiro atoms. The molecule has 5 heterocycles. The summed E-state index contributed by atoms with van der Waals surface area (Å²) < 4.78 is 0. The van der Waals surface area contributed by atoms with E-state index >= 15 is 0 Å². The van der Waals surface area contributed by atoms with E-state index in [9.17, 15) is 5.11 Å². The monoisotopic (exact) mass is 395 g/mol. The third kappa shape index (κ3) is 3.87. The maximum atomic E-state index is 11.2. The van der Waals surface area contributed by atoms with Gasteiger partial charge in [0.15, 0.2) is 0 Å². The van der Waals surface area contributed by atoms with Crippen molar-refractivity contribution in [2.75, 3.05) is 19.6 Å². The maximum absolute atomic E-state index is 11.2. The largest absolute Gasteiger partial charge is 0.376 e. The number of aromatic nitrogens is 2. The van der Waals surface area contributed by atoms with Crippen LogP contribution in [0.3, 0.4) is 0 Å². The Morgan fingerprint density at radius 2 is 1.80 bits per heavy atom. The van der Waals surface area contributed by atoms with Crippen molar-refractivity contribution in [3.8, 4) is 23.0 Å². The third-order valence-electron chi connectivity index (χ3n) is 6.34. The van der Waals surface area contributed by atoms with Crippen LogP contribution in [0, 0.1) is 17.8 Å². The van der Waals surface area contributed by atoms with Crippen molar-refractivity contribution in [2.24, 2.45) is 5.92 Å². The van der Waals surface area contributed by atoms with Crippen LogP contribution in [-0.2, 0) is 6.42 Å². The zero-order valence-corrected chi connectivity index (χ0v) is 17.0. The molecule has 4 nitrogen and oxygen atoms in total. The van der Waals surface area contributed by atoms with Crippen molar-refractivity contribution < 1.29 is 5.11 Å². The maximum Gasteiger partial charge on any atom is 0.141 e. The number of pyridine rings is 2. The molecular formula is C26H25N3O. The van der Waals surface area contributed by atoms with Gasteiger partial charge in [0, 0.05) is 43.0 Å². The van der Waals surface area contributed by atoms with Gasteiger partial charge >= 0.3 is 0 Å². The molecule has 2 aromatic heterocycles. The van der Waals surface area contributed by atoms with Crippen LogP contribution < -0.4 is 0 Å². The number of piperidine rings is 3. The van der Waals surface area contributed by atoms with E-state index in [0.29, 0.717) is 6.54 Å². The quantitative estimate of drug-likeness (QED) is 0.689. The van der Waals surface area contributed by atoms with Gasteiger partial charge in [0.1, 0.15) is 11.3 Å². The van der Waals surface area contributed by atoms with E-state index in [0.717, 1.165) is 54.7 Å². The molecule has 0 amide bonds. The highest BCUT2D eigenvalue weighted by atomic mass is 16.3. The van der Waals surface area contributed by atoms with E-state index in [-0.39, 0.29) is 5.92 Å². The Labute approximate surface area is 177 Å². The van der Waals surface area contributed by atoms with Crippen molar-refractivity contribution in [3.05, 3.63) is 83.9 Å². The molecule has 150 valence electrons. The van der Waals surface area contributed by atoms with Crippen molar-refractivity contribution in [1.29, 1.82) is 0 Å². The second kappa shape index (κ2) is 8.02. The first-order chi connectivity index (χ1) is 14.7. The molecule has 30 heavy (non-hydrogen) atoms. The fraction of sp³-hybridized carbons (Fsp3) is 0.308. The van der Waals surface area contributed by atoms with Gasteiger partial charge < -0.3 is 5.11 Å². The minimum atomic E-state index is -0.925. The number of aliphatic hydroxyl groups is 1. The fourth-order valence-corrected chi connectivity index (χ4v) is 4.62. The molecular weight excluding hydrogens is 370 g/mol. The van der Waals surface area contributed by atoms with Crippen molar-refractivity contribution in [3.63, 3.8) is 0 Å². The van der Waals surface area contributed by atoms with Crippen LogP contribution in [-0.4, -0.2) is 45.2 Å². The van der Waals surface area contributed by atoms with Gasteiger partial charge in [0.25, 0.3) is 0 Å². The van der Waals surface area contributed by atoms with Crippen LogP contribution >= 0.6 is 0 Å². The molecule has 3 aliphatic heterocycles. The number of hydrogen-bond donors (Lipinski definition) is 1. The third-order valence-corrected chi connectivity index (χ3v) is 6.34.